The Hall–Kier alpha value is -1.46. The summed E-state index contributed by atoms with van der Waals surface area (Å²) >= 11 is 1.33. The Bertz CT molecular complexity index is 567. The van der Waals surface area contributed by atoms with Crippen LogP contribution in [0.4, 0.5) is 4.39 Å². The number of likely N-dealkylation sites (N-methyl/N-ethyl adjacent to an activating group) is 2. The predicted molar refractivity (Wildman–Crippen MR) is 72.7 cm³/mol. The molecule has 0 aliphatic heterocycles. The molecule has 3 nitrogen and oxygen atoms in total. The van der Waals surface area contributed by atoms with Gasteiger partial charge in [-0.25, -0.2) is 4.39 Å². The zero-order valence-corrected chi connectivity index (χ0v) is 11.2. The van der Waals surface area contributed by atoms with Crippen molar-refractivity contribution in [3.8, 4) is 0 Å². The average molecular weight is 266 g/mol. The lowest BCUT2D eigenvalue weighted by Crippen LogP contribution is -2.32. The first-order valence-corrected chi connectivity index (χ1v) is 6.52. The molecule has 1 aromatic carbocycles. The maximum atomic E-state index is 13.1. The van der Waals surface area contributed by atoms with Crippen molar-refractivity contribution in [1.82, 2.24) is 10.2 Å². The fourth-order valence-corrected chi connectivity index (χ4v) is 2.76. The molecule has 0 aliphatic carbocycles. The summed E-state index contributed by atoms with van der Waals surface area (Å²) in [6, 6.07) is 6.39. The smallest absolute Gasteiger partial charge is 0.263 e. The number of hydrogen-bond acceptors (Lipinski definition) is 3. The first kappa shape index (κ1) is 13.0. The minimum atomic E-state index is -0.271. The average Bonchev–Trinajstić information content (AvgIpc) is 2.77. The number of thiophene rings is 1. The highest BCUT2D eigenvalue weighted by Gasteiger charge is 2.14. The molecule has 0 atom stereocenters. The van der Waals surface area contributed by atoms with E-state index in [1.807, 2.05) is 13.1 Å². The van der Waals surface area contributed by atoms with Crippen molar-refractivity contribution in [2.45, 2.75) is 0 Å². The summed E-state index contributed by atoms with van der Waals surface area (Å²) in [5, 5.41) is 3.91. The Morgan fingerprint density at radius 2 is 2.22 bits per heavy atom. The van der Waals surface area contributed by atoms with E-state index in [4.69, 9.17) is 0 Å². The van der Waals surface area contributed by atoms with Gasteiger partial charge in [-0.1, -0.05) is 6.07 Å². The fraction of sp³-hybridized carbons (Fsp3) is 0.308. The van der Waals surface area contributed by atoms with Crippen LogP contribution in [0.1, 0.15) is 9.67 Å². The van der Waals surface area contributed by atoms with Gasteiger partial charge in [0, 0.05) is 24.8 Å². The van der Waals surface area contributed by atoms with E-state index in [0.29, 0.717) is 11.4 Å². The quantitative estimate of drug-likeness (QED) is 0.921. The zero-order valence-electron chi connectivity index (χ0n) is 10.4. The van der Waals surface area contributed by atoms with E-state index in [1.165, 1.54) is 23.5 Å². The van der Waals surface area contributed by atoms with Crippen molar-refractivity contribution in [3.63, 3.8) is 0 Å². The number of benzene rings is 1. The third-order valence-corrected chi connectivity index (χ3v) is 3.82. The van der Waals surface area contributed by atoms with Gasteiger partial charge in [0.15, 0.2) is 0 Å². The largest absolute Gasteiger partial charge is 0.340 e. The number of fused-ring (bicyclic) bond motifs is 1. The van der Waals surface area contributed by atoms with E-state index < -0.39 is 0 Å². The number of nitrogens with zero attached hydrogens (tertiary/aromatic N) is 1. The van der Waals surface area contributed by atoms with Crippen molar-refractivity contribution in [2.24, 2.45) is 0 Å². The van der Waals surface area contributed by atoms with Crippen molar-refractivity contribution >= 4 is 27.3 Å². The third kappa shape index (κ3) is 2.68. The third-order valence-electron chi connectivity index (χ3n) is 2.74. The molecular formula is C13H15FN2OS. The zero-order chi connectivity index (χ0) is 13.1. The number of carbonyl (C=O) groups is 1. The van der Waals surface area contributed by atoms with Crippen LogP contribution in [0.15, 0.2) is 24.3 Å². The van der Waals surface area contributed by atoms with Gasteiger partial charge in [-0.05, 0) is 30.6 Å². The van der Waals surface area contributed by atoms with Gasteiger partial charge in [-0.2, -0.15) is 0 Å². The Morgan fingerprint density at radius 1 is 1.44 bits per heavy atom. The number of halogens is 1. The van der Waals surface area contributed by atoms with Crippen LogP contribution in [0.3, 0.4) is 0 Å². The summed E-state index contributed by atoms with van der Waals surface area (Å²) in [5.74, 6) is -0.293. The first-order valence-electron chi connectivity index (χ1n) is 5.71. The number of nitrogens with one attached hydrogen (secondary N) is 1. The molecule has 0 saturated carbocycles. The molecule has 1 heterocycles. The minimum Gasteiger partial charge on any atom is -0.340 e. The molecule has 2 rings (SSSR count). The Labute approximate surface area is 109 Å². The second-order valence-corrected chi connectivity index (χ2v) is 5.21. The molecule has 1 amide bonds. The molecule has 1 N–H and O–H groups in total. The molecule has 96 valence electrons. The predicted octanol–water partition coefficient (Wildman–Crippen LogP) is 2.33. The van der Waals surface area contributed by atoms with Gasteiger partial charge in [-0.15, -0.1) is 11.3 Å². The topological polar surface area (TPSA) is 32.3 Å². The van der Waals surface area contributed by atoms with Crippen molar-refractivity contribution in [3.05, 3.63) is 35.0 Å². The summed E-state index contributed by atoms with van der Waals surface area (Å²) in [6.07, 6.45) is 0. The number of carbonyl (C=O) groups excluding carboxylic acids is 1. The molecule has 2 aromatic rings. The van der Waals surface area contributed by atoms with Crippen LogP contribution in [0, 0.1) is 5.82 Å². The van der Waals surface area contributed by atoms with Crippen LogP contribution in [-0.4, -0.2) is 38.0 Å². The van der Waals surface area contributed by atoms with Gasteiger partial charge in [0.05, 0.1) is 4.88 Å². The van der Waals surface area contributed by atoms with E-state index in [1.54, 1.807) is 18.0 Å². The van der Waals surface area contributed by atoms with E-state index >= 15 is 0 Å². The van der Waals surface area contributed by atoms with Crippen LogP contribution >= 0.6 is 11.3 Å². The van der Waals surface area contributed by atoms with Crippen LogP contribution in [0.2, 0.25) is 0 Å². The molecule has 0 radical (unpaired) electrons. The molecule has 0 spiro atoms. The Kier molecular flexibility index (Phi) is 3.93. The van der Waals surface area contributed by atoms with Gasteiger partial charge in [0.1, 0.15) is 5.82 Å². The van der Waals surface area contributed by atoms with E-state index in [-0.39, 0.29) is 11.7 Å². The summed E-state index contributed by atoms with van der Waals surface area (Å²) < 4.78 is 13.9. The fourth-order valence-electron chi connectivity index (χ4n) is 1.68. The molecule has 0 fully saturated rings. The number of rotatable bonds is 4. The van der Waals surface area contributed by atoms with Crippen LogP contribution in [0.5, 0.6) is 0 Å². The molecule has 0 unspecified atom stereocenters. The summed E-state index contributed by atoms with van der Waals surface area (Å²) in [4.78, 5) is 14.4. The molecule has 0 bridgehead atoms. The monoisotopic (exact) mass is 266 g/mol. The van der Waals surface area contributed by atoms with E-state index in [0.717, 1.165) is 16.6 Å². The SMILES string of the molecule is CNCCN(C)C(=O)c1cc2ccc(F)cc2s1. The lowest BCUT2D eigenvalue weighted by atomic mass is 10.2. The summed E-state index contributed by atoms with van der Waals surface area (Å²) in [5.41, 5.74) is 0. The van der Waals surface area contributed by atoms with Crippen LogP contribution < -0.4 is 5.32 Å². The molecule has 0 saturated heterocycles. The van der Waals surface area contributed by atoms with Crippen molar-refractivity contribution < 1.29 is 9.18 Å². The second kappa shape index (κ2) is 5.46. The maximum Gasteiger partial charge on any atom is 0.263 e. The van der Waals surface area contributed by atoms with Crippen molar-refractivity contribution in [1.29, 1.82) is 0 Å². The van der Waals surface area contributed by atoms with Crippen molar-refractivity contribution in [2.75, 3.05) is 27.2 Å². The number of amides is 1. The summed E-state index contributed by atoms with van der Waals surface area (Å²) in [6.45, 7) is 1.40. The van der Waals surface area contributed by atoms with E-state index in [9.17, 15) is 9.18 Å². The molecule has 1 aromatic heterocycles. The highest BCUT2D eigenvalue weighted by molar-refractivity contribution is 7.20. The van der Waals surface area contributed by atoms with Gasteiger partial charge in [0.2, 0.25) is 0 Å². The Balaban J connectivity index is 2.22. The summed E-state index contributed by atoms with van der Waals surface area (Å²) in [7, 11) is 3.62. The van der Waals surface area contributed by atoms with Gasteiger partial charge < -0.3 is 10.2 Å². The maximum absolute atomic E-state index is 13.1. The molecule has 0 aliphatic rings. The molecule has 5 heteroatoms. The van der Waals surface area contributed by atoms with Gasteiger partial charge in [-0.3, -0.25) is 4.79 Å². The highest BCUT2D eigenvalue weighted by atomic mass is 32.1. The lowest BCUT2D eigenvalue weighted by molar-refractivity contribution is 0.0801. The van der Waals surface area contributed by atoms with Crippen LogP contribution in [0.25, 0.3) is 10.1 Å². The number of hydrogen-bond donors (Lipinski definition) is 1. The first-order chi connectivity index (χ1) is 8.61. The Morgan fingerprint density at radius 3 is 2.94 bits per heavy atom. The molecule has 18 heavy (non-hydrogen) atoms. The highest BCUT2D eigenvalue weighted by Crippen LogP contribution is 2.27. The minimum absolute atomic E-state index is 0.0214. The van der Waals surface area contributed by atoms with Gasteiger partial charge in [0.25, 0.3) is 5.91 Å². The van der Waals surface area contributed by atoms with Gasteiger partial charge >= 0.3 is 0 Å². The normalized spacial score (nSPS) is 10.8. The standard InChI is InChI=1S/C13H15FN2OS/c1-15-5-6-16(2)13(17)12-7-9-3-4-10(14)8-11(9)18-12/h3-4,7-8,15H,5-6H2,1-2H3. The second-order valence-electron chi connectivity index (χ2n) is 4.12. The van der Waals surface area contributed by atoms with Crippen LogP contribution in [-0.2, 0) is 0 Å². The molecular weight excluding hydrogens is 251 g/mol. The van der Waals surface area contributed by atoms with E-state index in [2.05, 4.69) is 5.32 Å². The lowest BCUT2D eigenvalue weighted by Gasteiger charge is -2.15.